The fraction of sp³-hybridized carbons (Fsp3) is 0.952. The molecule has 8 atom stereocenters. The molecular formula is C21H33IO. The lowest BCUT2D eigenvalue weighted by atomic mass is 9.49. The van der Waals surface area contributed by atoms with Gasteiger partial charge in [-0.15, -0.1) is 0 Å². The Hall–Kier alpha value is 0.400. The van der Waals surface area contributed by atoms with Crippen molar-refractivity contribution in [2.75, 3.05) is 0 Å². The summed E-state index contributed by atoms with van der Waals surface area (Å²) in [6.45, 7) is 6.80. The van der Waals surface area contributed by atoms with Crippen LogP contribution in [0.25, 0.3) is 0 Å². The molecule has 4 aliphatic rings. The number of Topliss-reactive ketones (excluding diaryl/α,β-unsaturated/α-hetero) is 1. The summed E-state index contributed by atoms with van der Waals surface area (Å²) in [6.07, 6.45) is 12.6. The molecule has 0 aromatic heterocycles. The van der Waals surface area contributed by atoms with E-state index in [1.165, 1.54) is 57.8 Å². The molecule has 4 rings (SSSR count). The average Bonchev–Trinajstić information content (AvgIpc) is 2.83. The number of hydrogen-bond donors (Lipinski definition) is 0. The monoisotopic (exact) mass is 428 g/mol. The predicted molar refractivity (Wildman–Crippen MR) is 104 cm³/mol. The standard InChI is InChI=1S/C21H33IO/c1-13(23)18-6-7-19-17-5-4-14-12-20(2,22)10-8-15(14)16(17)9-11-21(18,19)3/h14-19H,4-12H2,1-3H3/t14-,15-,16+,17+,18+,19-,20+,21+/m0/s1. The maximum atomic E-state index is 12.2. The minimum atomic E-state index is 0.340. The Morgan fingerprint density at radius 1 is 0.913 bits per heavy atom. The van der Waals surface area contributed by atoms with Gasteiger partial charge in [0.25, 0.3) is 0 Å². The summed E-state index contributed by atoms with van der Waals surface area (Å²) in [7, 11) is 0. The third-order valence-electron chi connectivity index (χ3n) is 8.70. The number of carbonyl (C=O) groups is 1. The number of fused-ring (bicyclic) bond motifs is 5. The molecule has 4 saturated carbocycles. The van der Waals surface area contributed by atoms with E-state index < -0.39 is 0 Å². The zero-order valence-corrected chi connectivity index (χ0v) is 17.3. The summed E-state index contributed by atoms with van der Waals surface area (Å²) in [5, 5.41) is 0. The number of hydrogen-bond acceptors (Lipinski definition) is 1. The van der Waals surface area contributed by atoms with Crippen LogP contribution in [0.3, 0.4) is 0 Å². The first-order valence-corrected chi connectivity index (χ1v) is 11.1. The van der Waals surface area contributed by atoms with Crippen molar-refractivity contribution in [1.82, 2.24) is 0 Å². The first kappa shape index (κ1) is 16.8. The number of carbonyl (C=O) groups excluding carboxylic acids is 1. The van der Waals surface area contributed by atoms with Crippen LogP contribution in [0, 0.1) is 40.9 Å². The van der Waals surface area contributed by atoms with E-state index in [0.29, 0.717) is 20.5 Å². The van der Waals surface area contributed by atoms with Gasteiger partial charge in [0.15, 0.2) is 0 Å². The molecule has 0 heterocycles. The molecule has 0 spiro atoms. The van der Waals surface area contributed by atoms with Gasteiger partial charge in [-0.25, -0.2) is 0 Å². The number of rotatable bonds is 1. The Labute approximate surface area is 155 Å². The zero-order chi connectivity index (χ0) is 16.4. The van der Waals surface area contributed by atoms with Crippen LogP contribution in [0.5, 0.6) is 0 Å². The molecule has 0 aromatic rings. The molecule has 2 heteroatoms. The summed E-state index contributed by atoms with van der Waals surface area (Å²) < 4.78 is 0.558. The summed E-state index contributed by atoms with van der Waals surface area (Å²) in [5.74, 6) is 5.64. The van der Waals surface area contributed by atoms with Gasteiger partial charge in [-0.1, -0.05) is 36.4 Å². The van der Waals surface area contributed by atoms with Gasteiger partial charge in [-0.05, 0) is 99.7 Å². The maximum absolute atomic E-state index is 12.2. The summed E-state index contributed by atoms with van der Waals surface area (Å²) in [5.41, 5.74) is 0.340. The van der Waals surface area contributed by atoms with E-state index in [1.807, 2.05) is 6.92 Å². The van der Waals surface area contributed by atoms with Crippen molar-refractivity contribution in [1.29, 1.82) is 0 Å². The van der Waals surface area contributed by atoms with E-state index in [9.17, 15) is 4.79 Å². The van der Waals surface area contributed by atoms with Gasteiger partial charge in [-0.3, -0.25) is 4.79 Å². The topological polar surface area (TPSA) is 17.1 Å². The molecule has 0 amide bonds. The quantitative estimate of drug-likeness (QED) is 0.368. The fourth-order valence-corrected chi connectivity index (χ4v) is 8.60. The van der Waals surface area contributed by atoms with Gasteiger partial charge < -0.3 is 0 Å². The van der Waals surface area contributed by atoms with Gasteiger partial charge >= 0.3 is 0 Å². The average molecular weight is 428 g/mol. The van der Waals surface area contributed by atoms with Crippen molar-refractivity contribution >= 4 is 28.4 Å². The van der Waals surface area contributed by atoms with Gasteiger partial charge in [0, 0.05) is 9.34 Å². The van der Waals surface area contributed by atoms with E-state index >= 15 is 0 Å². The molecular weight excluding hydrogens is 395 g/mol. The van der Waals surface area contributed by atoms with E-state index in [-0.39, 0.29) is 0 Å². The van der Waals surface area contributed by atoms with Crippen LogP contribution < -0.4 is 0 Å². The zero-order valence-electron chi connectivity index (χ0n) is 15.1. The molecule has 0 radical (unpaired) electrons. The minimum absolute atomic E-state index is 0.340. The molecule has 1 nitrogen and oxygen atoms in total. The second-order valence-electron chi connectivity index (χ2n) is 9.88. The third-order valence-corrected chi connectivity index (χ3v) is 9.68. The summed E-state index contributed by atoms with van der Waals surface area (Å²) in [4.78, 5) is 12.2. The van der Waals surface area contributed by atoms with Crippen molar-refractivity contribution in [3.8, 4) is 0 Å². The Morgan fingerprint density at radius 3 is 2.39 bits per heavy atom. The van der Waals surface area contributed by atoms with Crippen molar-refractivity contribution < 1.29 is 4.79 Å². The first-order valence-electron chi connectivity index (χ1n) is 10.0. The molecule has 0 saturated heterocycles. The normalized spacial score (nSPS) is 55.7. The molecule has 0 aliphatic heterocycles. The smallest absolute Gasteiger partial charge is 0.133 e. The van der Waals surface area contributed by atoms with Crippen molar-refractivity contribution in [3.63, 3.8) is 0 Å². The largest absolute Gasteiger partial charge is 0.300 e. The lowest BCUT2D eigenvalue weighted by Crippen LogP contribution is -2.50. The first-order chi connectivity index (χ1) is 10.8. The molecule has 0 unspecified atom stereocenters. The highest BCUT2D eigenvalue weighted by Gasteiger charge is 2.58. The van der Waals surface area contributed by atoms with E-state index in [1.54, 1.807) is 0 Å². The second-order valence-corrected chi connectivity index (χ2v) is 12.5. The van der Waals surface area contributed by atoms with E-state index in [4.69, 9.17) is 0 Å². The molecule has 0 N–H and O–H groups in total. The number of alkyl halides is 1. The lowest BCUT2D eigenvalue weighted by Gasteiger charge is -2.56. The van der Waals surface area contributed by atoms with Crippen LogP contribution in [0.2, 0.25) is 0 Å². The molecule has 4 aliphatic carbocycles. The van der Waals surface area contributed by atoms with Crippen molar-refractivity contribution in [3.05, 3.63) is 0 Å². The van der Waals surface area contributed by atoms with Gasteiger partial charge in [-0.2, -0.15) is 0 Å². The molecule has 130 valence electrons. The van der Waals surface area contributed by atoms with Gasteiger partial charge in [0.1, 0.15) is 5.78 Å². The Kier molecular flexibility index (Phi) is 4.18. The van der Waals surface area contributed by atoms with E-state index in [2.05, 4.69) is 36.4 Å². The number of ketones is 1. The number of halogens is 1. The maximum Gasteiger partial charge on any atom is 0.133 e. The second kappa shape index (κ2) is 5.71. The van der Waals surface area contributed by atoms with Crippen LogP contribution in [0.4, 0.5) is 0 Å². The van der Waals surface area contributed by atoms with Crippen LogP contribution in [-0.4, -0.2) is 9.20 Å². The Bertz CT molecular complexity index is 498. The highest BCUT2D eigenvalue weighted by Crippen LogP contribution is 2.65. The Balaban J connectivity index is 1.56. The van der Waals surface area contributed by atoms with Crippen molar-refractivity contribution in [2.45, 2.75) is 82.0 Å². The SMILES string of the molecule is CC(=O)[C@H]1CC[C@H]2[C@@H]3CC[C@H]4C[C@](C)(I)CC[C@@H]4[C@H]3CC[C@]12C. The molecule has 4 fully saturated rings. The Morgan fingerprint density at radius 2 is 1.65 bits per heavy atom. The lowest BCUT2D eigenvalue weighted by molar-refractivity contribution is -0.128. The van der Waals surface area contributed by atoms with Gasteiger partial charge in [0.05, 0.1) is 0 Å². The van der Waals surface area contributed by atoms with Crippen LogP contribution in [0.1, 0.15) is 78.6 Å². The minimum Gasteiger partial charge on any atom is -0.300 e. The van der Waals surface area contributed by atoms with Crippen LogP contribution in [-0.2, 0) is 4.79 Å². The predicted octanol–water partition coefficient (Wildman–Crippen LogP) is 6.04. The van der Waals surface area contributed by atoms with Crippen molar-refractivity contribution in [2.24, 2.45) is 40.9 Å². The molecule has 23 heavy (non-hydrogen) atoms. The summed E-state index contributed by atoms with van der Waals surface area (Å²) >= 11 is 2.73. The summed E-state index contributed by atoms with van der Waals surface area (Å²) in [6, 6.07) is 0. The molecule has 0 bridgehead atoms. The highest BCUT2D eigenvalue weighted by molar-refractivity contribution is 14.1. The van der Waals surface area contributed by atoms with Crippen LogP contribution in [0.15, 0.2) is 0 Å². The van der Waals surface area contributed by atoms with Crippen LogP contribution >= 0.6 is 22.6 Å². The highest BCUT2D eigenvalue weighted by atomic mass is 127. The molecule has 0 aromatic carbocycles. The fourth-order valence-electron chi connectivity index (χ4n) is 7.72. The third kappa shape index (κ3) is 2.64. The van der Waals surface area contributed by atoms with Gasteiger partial charge in [0.2, 0.25) is 0 Å². The van der Waals surface area contributed by atoms with E-state index in [0.717, 1.165) is 29.6 Å².